The summed E-state index contributed by atoms with van der Waals surface area (Å²) >= 11 is 1.88. The van der Waals surface area contributed by atoms with Crippen molar-refractivity contribution in [1.82, 2.24) is 10.3 Å². The van der Waals surface area contributed by atoms with E-state index in [1.807, 2.05) is 36.0 Å². The lowest BCUT2D eigenvalue weighted by atomic mass is 9.84. The normalized spacial score (nSPS) is 16.6. The smallest absolute Gasteiger partial charge is 0.126 e. The molecule has 0 bridgehead atoms. The fraction of sp³-hybridized carbons (Fsp3) is 0.0682. The lowest BCUT2D eigenvalue weighted by Gasteiger charge is -2.30. The average molecular weight is 649 g/mol. The second-order valence-electron chi connectivity index (χ2n) is 12.9. The van der Waals surface area contributed by atoms with Crippen LogP contribution in [0.2, 0.25) is 0 Å². The average Bonchev–Trinajstić information content (AvgIpc) is 3.68. The van der Waals surface area contributed by atoms with E-state index in [1.165, 1.54) is 75.7 Å². The molecule has 234 valence electrons. The summed E-state index contributed by atoms with van der Waals surface area (Å²) < 4.78 is 1.33. The van der Waals surface area contributed by atoms with E-state index in [9.17, 15) is 0 Å². The van der Waals surface area contributed by atoms with Crippen molar-refractivity contribution in [3.63, 3.8) is 0 Å². The highest BCUT2D eigenvalue weighted by molar-refractivity contribution is 7.23. The molecule has 1 atom stereocenters. The van der Waals surface area contributed by atoms with E-state index in [4.69, 9.17) is 0 Å². The Kier molecular flexibility index (Phi) is 6.36. The highest BCUT2D eigenvalue weighted by Crippen LogP contribution is 2.53. The van der Waals surface area contributed by atoms with Crippen molar-refractivity contribution in [3.05, 3.63) is 163 Å². The van der Waals surface area contributed by atoms with Crippen LogP contribution in [0.25, 0.3) is 65.0 Å². The first kappa shape index (κ1) is 28.1. The Balaban J connectivity index is 1.21. The van der Waals surface area contributed by atoms with Crippen LogP contribution in [0.15, 0.2) is 152 Å². The molecule has 4 nitrogen and oxygen atoms in total. The summed E-state index contributed by atoms with van der Waals surface area (Å²) in [4.78, 5) is 9.35. The van der Waals surface area contributed by atoms with Crippen LogP contribution < -0.4 is 15.1 Å². The molecule has 2 aromatic heterocycles. The number of thiophene rings is 1. The minimum absolute atomic E-state index is 0.165. The summed E-state index contributed by atoms with van der Waals surface area (Å²) in [6.07, 6.45) is 17.4. The molecule has 5 heterocycles. The van der Waals surface area contributed by atoms with Gasteiger partial charge in [0, 0.05) is 47.8 Å². The number of anilines is 2. The highest BCUT2D eigenvalue weighted by atomic mass is 32.1. The molecule has 0 fully saturated rings. The molecule has 7 aromatic rings. The maximum atomic E-state index is 4.47. The molecular formula is C44H32N4S. The maximum absolute atomic E-state index is 4.47. The number of nitrogens with one attached hydrogen (secondary N) is 1. The van der Waals surface area contributed by atoms with Crippen LogP contribution in [0.1, 0.15) is 11.1 Å². The zero-order valence-electron chi connectivity index (χ0n) is 27.0. The number of benzene rings is 5. The molecule has 3 aliphatic rings. The monoisotopic (exact) mass is 648 g/mol. The van der Waals surface area contributed by atoms with Crippen LogP contribution >= 0.6 is 11.3 Å². The molecule has 0 aliphatic carbocycles. The van der Waals surface area contributed by atoms with E-state index < -0.39 is 0 Å². The lowest BCUT2D eigenvalue weighted by Crippen LogP contribution is -2.38. The minimum Gasteiger partial charge on any atom is -0.387 e. The molecule has 0 saturated heterocycles. The van der Waals surface area contributed by atoms with Crippen molar-refractivity contribution in [2.45, 2.75) is 6.17 Å². The number of fused-ring (bicyclic) bond motifs is 7. The molecule has 5 heteroatoms. The van der Waals surface area contributed by atoms with E-state index in [1.54, 1.807) is 0 Å². The Bertz CT molecular complexity index is 2530. The second-order valence-corrected chi connectivity index (χ2v) is 14.0. The first-order valence-corrected chi connectivity index (χ1v) is 17.6. The number of aromatic nitrogens is 1. The Morgan fingerprint density at radius 1 is 0.735 bits per heavy atom. The van der Waals surface area contributed by atoms with Gasteiger partial charge in [0.05, 0.1) is 5.69 Å². The largest absolute Gasteiger partial charge is 0.387 e. The Morgan fingerprint density at radius 2 is 1.43 bits per heavy atom. The zero-order valence-corrected chi connectivity index (χ0v) is 27.8. The minimum atomic E-state index is 0.165. The molecule has 0 spiro atoms. The number of dihydropyridines is 1. The third kappa shape index (κ3) is 4.39. The predicted octanol–water partition coefficient (Wildman–Crippen LogP) is 10.6. The first-order valence-electron chi connectivity index (χ1n) is 16.7. The fourth-order valence-electron chi connectivity index (χ4n) is 7.93. The standard InChI is InChI=1S/C44H32N4S/c1-47-40-19-18-30(27-48(40)44-43(47)38-16-6-7-17-39(38)49-44)41-34-12-2-4-14-36(34)42(37-15-5-3-13-35(37)41)33-23-31(28-10-8-20-45-25-28)22-32(24-33)29-11-9-21-46-26-29/h2-25,27,40,46H,26H2,1H3. The van der Waals surface area contributed by atoms with E-state index >= 15 is 0 Å². The molecule has 1 N–H and O–H groups in total. The summed E-state index contributed by atoms with van der Waals surface area (Å²) in [5, 5.41) is 11.0. The van der Waals surface area contributed by atoms with Crippen molar-refractivity contribution in [2.24, 2.45) is 0 Å². The van der Waals surface area contributed by atoms with Crippen LogP contribution in [0.3, 0.4) is 0 Å². The van der Waals surface area contributed by atoms with Crippen LogP contribution in [0, 0.1) is 0 Å². The van der Waals surface area contributed by atoms with Crippen molar-refractivity contribution in [3.8, 4) is 22.3 Å². The number of nitrogens with zero attached hydrogens (tertiary/aromatic N) is 3. The van der Waals surface area contributed by atoms with Crippen molar-refractivity contribution >= 4 is 64.8 Å². The Morgan fingerprint density at radius 3 is 2.14 bits per heavy atom. The van der Waals surface area contributed by atoms with Gasteiger partial charge in [0.15, 0.2) is 0 Å². The van der Waals surface area contributed by atoms with E-state index in [0.29, 0.717) is 0 Å². The van der Waals surface area contributed by atoms with Crippen LogP contribution in [-0.4, -0.2) is 24.7 Å². The Hall–Kier alpha value is -5.91. The number of pyridine rings is 1. The van der Waals surface area contributed by atoms with Crippen LogP contribution in [0.5, 0.6) is 0 Å². The van der Waals surface area contributed by atoms with E-state index in [2.05, 4.69) is 155 Å². The molecule has 3 aliphatic heterocycles. The van der Waals surface area contributed by atoms with E-state index in [0.717, 1.165) is 17.7 Å². The summed E-state index contributed by atoms with van der Waals surface area (Å²) in [6.45, 7) is 0.793. The van der Waals surface area contributed by atoms with Gasteiger partial charge in [0.25, 0.3) is 0 Å². The van der Waals surface area contributed by atoms with Gasteiger partial charge in [-0.2, -0.15) is 0 Å². The lowest BCUT2D eigenvalue weighted by molar-refractivity contribution is 0.795. The van der Waals surface area contributed by atoms with Gasteiger partial charge >= 0.3 is 0 Å². The van der Waals surface area contributed by atoms with Crippen LogP contribution in [0.4, 0.5) is 10.7 Å². The molecule has 0 saturated carbocycles. The summed E-state index contributed by atoms with van der Waals surface area (Å²) in [6, 6.07) is 37.8. The van der Waals surface area contributed by atoms with Gasteiger partial charge in [-0.25, -0.2) is 0 Å². The molecule has 10 rings (SSSR count). The molecule has 49 heavy (non-hydrogen) atoms. The predicted molar refractivity (Wildman–Crippen MR) is 209 cm³/mol. The fourth-order valence-corrected chi connectivity index (χ4v) is 9.17. The number of hydrogen-bond acceptors (Lipinski definition) is 5. The van der Waals surface area contributed by atoms with Crippen molar-refractivity contribution < 1.29 is 0 Å². The molecule has 1 unspecified atom stereocenters. The summed E-state index contributed by atoms with van der Waals surface area (Å²) in [5.74, 6) is 0. The summed E-state index contributed by atoms with van der Waals surface area (Å²) in [7, 11) is 2.22. The SMILES string of the molecule is CN1c2c(sc3ccccc23)N2C=C(c3c4ccccc4c(-c4cc(C5=CC=CNC5)cc(-c5cccnc5)c4)c4ccccc34)C=CC12. The molecule has 5 aromatic carbocycles. The van der Waals surface area contributed by atoms with Gasteiger partial charge in [-0.05, 0) is 109 Å². The summed E-state index contributed by atoms with van der Waals surface area (Å²) in [5.41, 5.74) is 11.0. The quantitative estimate of drug-likeness (QED) is 0.193. The second kappa shape index (κ2) is 11.1. The Labute approximate surface area is 289 Å². The molecule has 0 amide bonds. The third-order valence-corrected chi connectivity index (χ3v) is 11.3. The highest BCUT2D eigenvalue weighted by Gasteiger charge is 2.36. The van der Waals surface area contributed by atoms with Gasteiger partial charge in [-0.3, -0.25) is 4.98 Å². The third-order valence-electron chi connectivity index (χ3n) is 10.2. The number of rotatable bonds is 4. The van der Waals surface area contributed by atoms with Gasteiger partial charge in [-0.1, -0.05) is 84.9 Å². The van der Waals surface area contributed by atoms with Crippen molar-refractivity contribution in [1.29, 1.82) is 0 Å². The molecular weight excluding hydrogens is 617 g/mol. The van der Waals surface area contributed by atoms with Gasteiger partial charge in [-0.15, -0.1) is 11.3 Å². The number of hydrogen-bond donors (Lipinski definition) is 1. The van der Waals surface area contributed by atoms with Crippen LogP contribution in [-0.2, 0) is 0 Å². The maximum Gasteiger partial charge on any atom is 0.126 e. The van der Waals surface area contributed by atoms with Gasteiger partial charge < -0.3 is 15.1 Å². The first-order chi connectivity index (χ1) is 24.2. The number of allylic oxidation sites excluding steroid dienone is 4. The van der Waals surface area contributed by atoms with Gasteiger partial charge in [0.2, 0.25) is 0 Å². The van der Waals surface area contributed by atoms with Crippen molar-refractivity contribution in [2.75, 3.05) is 23.4 Å². The van der Waals surface area contributed by atoms with Gasteiger partial charge in [0.1, 0.15) is 11.2 Å². The molecule has 0 radical (unpaired) electrons. The zero-order chi connectivity index (χ0) is 32.5. The van der Waals surface area contributed by atoms with E-state index in [-0.39, 0.29) is 6.17 Å². The number of likely N-dealkylation sites (N-methyl/N-ethyl adjacent to an activating group) is 1. The topological polar surface area (TPSA) is 31.4 Å².